The number of carbonyl (C=O) groups is 1. The monoisotopic (exact) mass is 337 g/mol. The molecule has 0 aliphatic heterocycles. The van der Waals surface area contributed by atoms with Gasteiger partial charge in [0.1, 0.15) is 18.6 Å². The summed E-state index contributed by atoms with van der Waals surface area (Å²) in [5.74, 6) is -0.693. The van der Waals surface area contributed by atoms with Crippen LogP contribution in [0.5, 0.6) is 11.6 Å². The van der Waals surface area contributed by atoms with Gasteiger partial charge in [0.05, 0.1) is 7.11 Å². The van der Waals surface area contributed by atoms with Crippen molar-refractivity contribution in [2.75, 3.05) is 7.11 Å². The summed E-state index contributed by atoms with van der Waals surface area (Å²) >= 11 is 0. The molecule has 0 saturated heterocycles. The molecule has 7 nitrogen and oxygen atoms in total. The Morgan fingerprint density at radius 1 is 1.12 bits per heavy atom. The third-order valence-corrected chi connectivity index (χ3v) is 3.45. The van der Waals surface area contributed by atoms with Gasteiger partial charge in [-0.15, -0.1) is 0 Å². The second-order valence-corrected chi connectivity index (χ2v) is 5.07. The van der Waals surface area contributed by atoms with Gasteiger partial charge >= 0.3 is 5.97 Å². The lowest BCUT2D eigenvalue weighted by Crippen LogP contribution is -2.08. The lowest BCUT2D eigenvalue weighted by atomic mass is 10.1. The molecular formula is C18H15N3O4. The van der Waals surface area contributed by atoms with Crippen molar-refractivity contribution in [3.8, 4) is 22.9 Å². The molecule has 3 aromatic rings. The first kappa shape index (κ1) is 16.4. The van der Waals surface area contributed by atoms with Crippen molar-refractivity contribution in [3.63, 3.8) is 0 Å². The number of nitrogens with zero attached hydrogens (tertiary/aromatic N) is 3. The Labute approximate surface area is 143 Å². The number of aromatic nitrogens is 3. The van der Waals surface area contributed by atoms with E-state index in [2.05, 4.69) is 15.0 Å². The number of methoxy groups -OCH3 is 1. The molecule has 3 rings (SSSR count). The summed E-state index contributed by atoms with van der Waals surface area (Å²) in [6.07, 6.45) is 2.75. The van der Waals surface area contributed by atoms with E-state index in [1.165, 1.54) is 13.4 Å². The van der Waals surface area contributed by atoms with Crippen molar-refractivity contribution in [3.05, 3.63) is 66.2 Å². The standard InChI is InChI=1S/C18H15N3O4/c1-24-14-9-13(7-8-19-14)15-17(16(18(22)23)21-11-20-15)25-10-12-5-3-2-4-6-12/h2-9,11H,10H2,1H3,(H,22,23). The highest BCUT2D eigenvalue weighted by atomic mass is 16.5. The van der Waals surface area contributed by atoms with E-state index in [9.17, 15) is 9.90 Å². The third-order valence-electron chi connectivity index (χ3n) is 3.45. The van der Waals surface area contributed by atoms with E-state index in [1.54, 1.807) is 18.3 Å². The molecule has 0 atom stereocenters. The highest BCUT2D eigenvalue weighted by Gasteiger charge is 2.20. The topological polar surface area (TPSA) is 94.4 Å². The maximum absolute atomic E-state index is 11.5. The van der Waals surface area contributed by atoms with E-state index >= 15 is 0 Å². The van der Waals surface area contributed by atoms with E-state index in [-0.39, 0.29) is 18.1 Å². The van der Waals surface area contributed by atoms with Gasteiger partial charge in [-0.1, -0.05) is 30.3 Å². The Balaban J connectivity index is 2.02. The molecule has 7 heteroatoms. The van der Waals surface area contributed by atoms with Gasteiger partial charge in [-0.2, -0.15) is 0 Å². The van der Waals surface area contributed by atoms with Crippen LogP contribution in [-0.2, 0) is 6.61 Å². The Bertz CT molecular complexity index is 884. The summed E-state index contributed by atoms with van der Waals surface area (Å²) in [5.41, 5.74) is 1.70. The van der Waals surface area contributed by atoms with Crippen molar-refractivity contribution in [2.24, 2.45) is 0 Å². The van der Waals surface area contributed by atoms with Gasteiger partial charge < -0.3 is 14.6 Å². The highest BCUT2D eigenvalue weighted by Crippen LogP contribution is 2.32. The zero-order valence-electron chi connectivity index (χ0n) is 13.4. The summed E-state index contributed by atoms with van der Waals surface area (Å²) < 4.78 is 10.9. The summed E-state index contributed by atoms with van der Waals surface area (Å²) in [5, 5.41) is 9.43. The molecule has 25 heavy (non-hydrogen) atoms. The lowest BCUT2D eigenvalue weighted by molar-refractivity contribution is 0.0684. The van der Waals surface area contributed by atoms with E-state index < -0.39 is 5.97 Å². The Hall–Kier alpha value is -3.48. The van der Waals surface area contributed by atoms with Crippen molar-refractivity contribution in [1.82, 2.24) is 15.0 Å². The molecule has 0 fully saturated rings. The van der Waals surface area contributed by atoms with Gasteiger partial charge in [0.25, 0.3) is 0 Å². The first-order valence-electron chi connectivity index (χ1n) is 7.44. The van der Waals surface area contributed by atoms with Crippen LogP contribution in [0, 0.1) is 0 Å². The number of ether oxygens (including phenoxy) is 2. The lowest BCUT2D eigenvalue weighted by Gasteiger charge is -2.13. The van der Waals surface area contributed by atoms with Crippen LogP contribution in [0.1, 0.15) is 16.1 Å². The fourth-order valence-corrected chi connectivity index (χ4v) is 2.27. The molecule has 0 saturated carbocycles. The van der Waals surface area contributed by atoms with E-state index in [1.807, 2.05) is 30.3 Å². The Morgan fingerprint density at radius 2 is 1.92 bits per heavy atom. The van der Waals surface area contributed by atoms with Gasteiger partial charge in [-0.05, 0) is 11.6 Å². The molecule has 0 aliphatic rings. The Morgan fingerprint density at radius 3 is 2.64 bits per heavy atom. The zero-order valence-corrected chi connectivity index (χ0v) is 13.4. The first-order valence-corrected chi connectivity index (χ1v) is 7.44. The predicted molar refractivity (Wildman–Crippen MR) is 89.5 cm³/mol. The molecule has 0 amide bonds. The van der Waals surface area contributed by atoms with Crippen LogP contribution in [-0.4, -0.2) is 33.1 Å². The fourth-order valence-electron chi connectivity index (χ4n) is 2.27. The summed E-state index contributed by atoms with van der Waals surface area (Å²) in [6, 6.07) is 12.8. The number of carboxylic acids is 1. The number of hydrogen-bond donors (Lipinski definition) is 1. The van der Waals surface area contributed by atoms with Crippen LogP contribution in [0.3, 0.4) is 0 Å². The minimum Gasteiger partial charge on any atom is -0.484 e. The molecule has 1 aromatic carbocycles. The normalized spacial score (nSPS) is 10.3. The number of carboxylic acid groups (broad SMARTS) is 1. The van der Waals surface area contributed by atoms with Crippen LogP contribution in [0.4, 0.5) is 0 Å². The predicted octanol–water partition coefficient (Wildman–Crippen LogP) is 2.82. The third kappa shape index (κ3) is 3.72. The second-order valence-electron chi connectivity index (χ2n) is 5.07. The maximum atomic E-state index is 11.5. The van der Waals surface area contributed by atoms with Crippen molar-refractivity contribution in [1.29, 1.82) is 0 Å². The second kappa shape index (κ2) is 7.39. The fraction of sp³-hybridized carbons (Fsp3) is 0.111. The molecule has 2 aromatic heterocycles. The van der Waals surface area contributed by atoms with Gasteiger partial charge in [-0.25, -0.2) is 19.7 Å². The molecule has 0 aliphatic carbocycles. The van der Waals surface area contributed by atoms with Crippen LogP contribution >= 0.6 is 0 Å². The van der Waals surface area contributed by atoms with Gasteiger partial charge in [0.15, 0.2) is 11.4 Å². The van der Waals surface area contributed by atoms with Crippen molar-refractivity contribution < 1.29 is 19.4 Å². The average molecular weight is 337 g/mol. The van der Waals surface area contributed by atoms with Gasteiger partial charge in [0, 0.05) is 17.8 Å². The molecule has 0 radical (unpaired) electrons. The highest BCUT2D eigenvalue weighted by molar-refractivity contribution is 5.91. The molecule has 0 bridgehead atoms. The molecule has 1 N–H and O–H groups in total. The number of benzene rings is 1. The van der Waals surface area contributed by atoms with Crippen LogP contribution in [0.15, 0.2) is 55.0 Å². The molecule has 0 unspecified atom stereocenters. The SMILES string of the molecule is COc1cc(-c2ncnc(C(=O)O)c2OCc2ccccc2)ccn1. The van der Waals surface area contributed by atoms with Crippen molar-refractivity contribution >= 4 is 5.97 Å². The van der Waals surface area contributed by atoms with Crippen LogP contribution < -0.4 is 9.47 Å². The van der Waals surface area contributed by atoms with E-state index in [0.717, 1.165) is 5.56 Å². The molecule has 0 spiro atoms. The summed E-state index contributed by atoms with van der Waals surface area (Å²) in [6.45, 7) is 0.198. The molecular weight excluding hydrogens is 322 g/mol. The Kier molecular flexibility index (Phi) is 4.84. The maximum Gasteiger partial charge on any atom is 0.358 e. The zero-order chi connectivity index (χ0) is 17.6. The minimum atomic E-state index is -1.19. The van der Waals surface area contributed by atoms with Gasteiger partial charge in [0.2, 0.25) is 5.88 Å². The summed E-state index contributed by atoms with van der Waals surface area (Å²) in [7, 11) is 1.50. The average Bonchev–Trinajstić information content (AvgIpc) is 2.66. The molecule has 2 heterocycles. The number of hydrogen-bond acceptors (Lipinski definition) is 6. The van der Waals surface area contributed by atoms with Gasteiger partial charge in [-0.3, -0.25) is 0 Å². The van der Waals surface area contributed by atoms with Crippen LogP contribution in [0.2, 0.25) is 0 Å². The van der Waals surface area contributed by atoms with Crippen LogP contribution in [0.25, 0.3) is 11.3 Å². The first-order chi connectivity index (χ1) is 12.2. The van der Waals surface area contributed by atoms with Crippen molar-refractivity contribution in [2.45, 2.75) is 6.61 Å². The largest absolute Gasteiger partial charge is 0.484 e. The van der Waals surface area contributed by atoms with E-state index in [4.69, 9.17) is 9.47 Å². The smallest absolute Gasteiger partial charge is 0.358 e. The minimum absolute atomic E-state index is 0.104. The quantitative estimate of drug-likeness (QED) is 0.739. The number of aromatic carboxylic acids is 1. The summed E-state index contributed by atoms with van der Waals surface area (Å²) in [4.78, 5) is 23.6. The van der Waals surface area contributed by atoms with E-state index in [0.29, 0.717) is 17.1 Å². The number of pyridine rings is 1. The molecule has 126 valence electrons. The number of rotatable bonds is 6.